The van der Waals surface area contributed by atoms with Crippen LogP contribution >= 0.6 is 0 Å². The number of hydrogen-bond acceptors (Lipinski definition) is 8. The molecule has 2 fully saturated rings. The summed E-state index contributed by atoms with van der Waals surface area (Å²) in [6.45, 7) is 8.53. The van der Waals surface area contributed by atoms with Crippen LogP contribution in [-0.4, -0.2) is 88.1 Å². The summed E-state index contributed by atoms with van der Waals surface area (Å²) < 4.78 is 10.5. The summed E-state index contributed by atoms with van der Waals surface area (Å²) in [5, 5.41) is 2.83. The number of hydrogen-bond donors (Lipinski definition) is 1. The zero-order valence-electron chi connectivity index (χ0n) is 24.2. The number of rotatable bonds is 9. The summed E-state index contributed by atoms with van der Waals surface area (Å²) in [6.07, 6.45) is 1.59. The molecule has 1 aliphatic carbocycles. The summed E-state index contributed by atoms with van der Waals surface area (Å²) in [6, 6.07) is 10.1. The molecule has 1 N–H and O–H groups in total. The van der Waals surface area contributed by atoms with E-state index in [1.54, 1.807) is 43.6 Å². The predicted octanol–water partition coefficient (Wildman–Crippen LogP) is 3.54. The number of piperazine rings is 1. The van der Waals surface area contributed by atoms with Crippen molar-refractivity contribution in [3.8, 4) is 11.4 Å². The summed E-state index contributed by atoms with van der Waals surface area (Å²) in [5.74, 6) is -0.565. The molecule has 4 rings (SSSR count). The highest BCUT2D eigenvalue weighted by molar-refractivity contribution is 5.96. The van der Waals surface area contributed by atoms with Crippen LogP contribution < -0.4 is 5.32 Å². The van der Waals surface area contributed by atoms with Crippen LogP contribution in [0.1, 0.15) is 75.5 Å². The fourth-order valence-electron chi connectivity index (χ4n) is 4.58. The Morgan fingerprint density at radius 1 is 1.00 bits per heavy atom. The van der Waals surface area contributed by atoms with E-state index in [-0.39, 0.29) is 50.1 Å². The average Bonchev–Trinajstić information content (AvgIpc) is 3.80. The SMILES string of the molecule is CCOC(=O)N1CCN(C(=O)C(CCC(=O)OC(C)(C)C)NC(=O)c2cc(C3CC3)nc(-c3ccccc3)n2)CC1. The molecule has 11 heteroatoms. The number of benzene rings is 1. The van der Waals surface area contributed by atoms with Crippen molar-refractivity contribution in [2.24, 2.45) is 0 Å². The number of esters is 1. The van der Waals surface area contributed by atoms with E-state index in [0.29, 0.717) is 18.9 Å². The van der Waals surface area contributed by atoms with E-state index in [4.69, 9.17) is 14.5 Å². The molecule has 2 aliphatic rings. The first-order valence-electron chi connectivity index (χ1n) is 14.2. The van der Waals surface area contributed by atoms with Gasteiger partial charge in [0.1, 0.15) is 17.3 Å². The Kier molecular flexibility index (Phi) is 9.57. The number of nitrogens with zero attached hydrogens (tertiary/aromatic N) is 4. The van der Waals surface area contributed by atoms with E-state index in [2.05, 4.69) is 10.3 Å². The lowest BCUT2D eigenvalue weighted by molar-refractivity contribution is -0.155. The quantitative estimate of drug-likeness (QED) is 0.457. The van der Waals surface area contributed by atoms with Gasteiger partial charge in [0, 0.05) is 49.8 Å². The van der Waals surface area contributed by atoms with E-state index < -0.39 is 29.6 Å². The van der Waals surface area contributed by atoms with Crippen LogP contribution in [0.4, 0.5) is 4.79 Å². The molecular formula is C30H39N5O6. The van der Waals surface area contributed by atoms with Gasteiger partial charge in [0.05, 0.1) is 6.61 Å². The third-order valence-corrected chi connectivity index (χ3v) is 6.78. The Hall–Kier alpha value is -4.02. The van der Waals surface area contributed by atoms with Gasteiger partial charge in [-0.15, -0.1) is 0 Å². The molecule has 1 aromatic carbocycles. The van der Waals surface area contributed by atoms with Gasteiger partial charge < -0.3 is 24.6 Å². The average molecular weight is 566 g/mol. The third-order valence-electron chi connectivity index (χ3n) is 6.78. The van der Waals surface area contributed by atoms with Crippen LogP contribution in [0, 0.1) is 0 Å². The molecule has 1 aromatic heterocycles. The fourth-order valence-corrected chi connectivity index (χ4v) is 4.58. The van der Waals surface area contributed by atoms with E-state index in [1.165, 1.54) is 0 Å². The molecule has 1 saturated carbocycles. The number of carbonyl (C=O) groups excluding carboxylic acids is 4. The summed E-state index contributed by atoms with van der Waals surface area (Å²) in [5.41, 5.74) is 1.09. The number of carbonyl (C=O) groups is 4. The first kappa shape index (κ1) is 30.0. The van der Waals surface area contributed by atoms with Crippen LogP contribution in [-0.2, 0) is 19.1 Å². The number of nitrogens with one attached hydrogen (secondary N) is 1. The molecule has 11 nitrogen and oxygen atoms in total. The van der Waals surface area contributed by atoms with Crippen LogP contribution in [0.2, 0.25) is 0 Å². The topological polar surface area (TPSA) is 131 Å². The fraction of sp³-hybridized carbons (Fsp3) is 0.533. The predicted molar refractivity (Wildman–Crippen MR) is 151 cm³/mol. The van der Waals surface area contributed by atoms with Crippen molar-refractivity contribution in [3.63, 3.8) is 0 Å². The van der Waals surface area contributed by atoms with Gasteiger partial charge in [-0.05, 0) is 53.0 Å². The van der Waals surface area contributed by atoms with Crippen molar-refractivity contribution in [3.05, 3.63) is 47.8 Å². The molecule has 1 unspecified atom stereocenters. The Balaban J connectivity index is 1.52. The molecule has 41 heavy (non-hydrogen) atoms. The van der Waals surface area contributed by atoms with Crippen molar-refractivity contribution in [2.45, 2.75) is 70.9 Å². The second kappa shape index (κ2) is 13.1. The Morgan fingerprint density at radius 2 is 1.66 bits per heavy atom. The largest absolute Gasteiger partial charge is 0.460 e. The van der Waals surface area contributed by atoms with E-state index >= 15 is 0 Å². The van der Waals surface area contributed by atoms with Crippen LogP contribution in [0.15, 0.2) is 36.4 Å². The van der Waals surface area contributed by atoms with Gasteiger partial charge in [-0.3, -0.25) is 14.4 Å². The Labute approximate surface area is 240 Å². The highest BCUT2D eigenvalue weighted by Gasteiger charge is 2.33. The van der Waals surface area contributed by atoms with Crippen LogP contribution in [0.25, 0.3) is 11.4 Å². The normalized spacial score (nSPS) is 16.1. The zero-order valence-corrected chi connectivity index (χ0v) is 24.2. The summed E-state index contributed by atoms with van der Waals surface area (Å²) >= 11 is 0. The number of aromatic nitrogens is 2. The van der Waals surface area contributed by atoms with Crippen LogP contribution in [0.3, 0.4) is 0 Å². The number of amides is 3. The van der Waals surface area contributed by atoms with Crippen LogP contribution in [0.5, 0.6) is 0 Å². The van der Waals surface area contributed by atoms with Gasteiger partial charge in [-0.1, -0.05) is 30.3 Å². The minimum absolute atomic E-state index is 0.0525. The lowest BCUT2D eigenvalue weighted by Crippen LogP contribution is -2.56. The monoisotopic (exact) mass is 565 g/mol. The van der Waals surface area contributed by atoms with Gasteiger partial charge in [0.25, 0.3) is 5.91 Å². The van der Waals surface area contributed by atoms with Gasteiger partial charge in [0.2, 0.25) is 5.91 Å². The molecule has 0 bridgehead atoms. The molecule has 0 spiro atoms. The molecule has 2 aromatic rings. The van der Waals surface area contributed by atoms with Crippen molar-refractivity contribution >= 4 is 23.9 Å². The smallest absolute Gasteiger partial charge is 0.409 e. The first-order valence-corrected chi connectivity index (χ1v) is 14.2. The number of ether oxygens (including phenoxy) is 2. The zero-order chi connectivity index (χ0) is 29.6. The first-order chi connectivity index (χ1) is 19.5. The second-order valence-corrected chi connectivity index (χ2v) is 11.3. The molecular weight excluding hydrogens is 526 g/mol. The van der Waals surface area contributed by atoms with Crippen molar-refractivity contribution in [1.82, 2.24) is 25.1 Å². The molecule has 3 amide bonds. The molecule has 1 aliphatic heterocycles. The second-order valence-electron chi connectivity index (χ2n) is 11.3. The third kappa shape index (κ3) is 8.48. The molecule has 1 saturated heterocycles. The molecule has 1 atom stereocenters. The lowest BCUT2D eigenvalue weighted by atomic mass is 10.1. The molecule has 0 radical (unpaired) electrons. The van der Waals surface area contributed by atoms with E-state index in [1.807, 2.05) is 30.3 Å². The maximum Gasteiger partial charge on any atom is 0.409 e. The van der Waals surface area contributed by atoms with Crippen molar-refractivity contribution < 1.29 is 28.7 Å². The highest BCUT2D eigenvalue weighted by Crippen LogP contribution is 2.39. The van der Waals surface area contributed by atoms with Gasteiger partial charge in [-0.25, -0.2) is 14.8 Å². The standard InChI is InChI=1S/C30H39N5O6/c1-5-40-29(39)35-17-15-34(16-18-35)28(38)22(13-14-25(36)41-30(2,3)4)33-27(37)24-19-23(20-11-12-20)31-26(32-24)21-9-7-6-8-10-21/h6-10,19-20,22H,5,11-18H2,1-4H3,(H,33,37). The van der Waals surface area contributed by atoms with Crippen molar-refractivity contribution in [1.29, 1.82) is 0 Å². The summed E-state index contributed by atoms with van der Waals surface area (Å²) in [7, 11) is 0. The maximum absolute atomic E-state index is 13.6. The highest BCUT2D eigenvalue weighted by atomic mass is 16.6. The van der Waals surface area contributed by atoms with Crippen molar-refractivity contribution in [2.75, 3.05) is 32.8 Å². The van der Waals surface area contributed by atoms with Gasteiger partial charge >= 0.3 is 12.1 Å². The maximum atomic E-state index is 13.6. The van der Waals surface area contributed by atoms with E-state index in [0.717, 1.165) is 24.1 Å². The minimum Gasteiger partial charge on any atom is -0.460 e. The Bertz CT molecular complexity index is 1250. The lowest BCUT2D eigenvalue weighted by Gasteiger charge is -2.36. The van der Waals surface area contributed by atoms with E-state index in [9.17, 15) is 19.2 Å². The van der Waals surface area contributed by atoms with Gasteiger partial charge in [0.15, 0.2) is 5.82 Å². The summed E-state index contributed by atoms with van der Waals surface area (Å²) in [4.78, 5) is 64.1. The minimum atomic E-state index is -0.983. The molecule has 2 heterocycles. The van der Waals surface area contributed by atoms with Gasteiger partial charge in [-0.2, -0.15) is 0 Å². The molecule has 220 valence electrons. The Morgan fingerprint density at radius 3 is 2.27 bits per heavy atom.